The monoisotopic (exact) mass is 575 g/mol. The molecule has 0 radical (unpaired) electrons. The Labute approximate surface area is 258 Å². The number of rotatable bonds is 12. The Morgan fingerprint density at radius 2 is 1.84 bits per heavy atom. The zero-order valence-corrected chi connectivity index (χ0v) is 26.9. The predicted molar refractivity (Wildman–Crippen MR) is 187 cm³/mol. The SMILES string of the molecule is C=C(CC(CCC)CCCC)c1cc(-c2c[nH]c3ncc(-c4cc(C)c(C)c(N5CCNCC5)c4)cc23)ccc1N=CC. The molecule has 5 nitrogen and oxygen atoms in total. The molecule has 0 bridgehead atoms. The van der Waals surface area contributed by atoms with Crippen molar-refractivity contribution in [3.8, 4) is 22.3 Å². The van der Waals surface area contributed by atoms with Crippen LogP contribution in [0.25, 0.3) is 38.9 Å². The van der Waals surface area contributed by atoms with Crippen LogP contribution in [0.2, 0.25) is 0 Å². The molecule has 0 aliphatic carbocycles. The fourth-order valence-electron chi connectivity index (χ4n) is 6.59. The second kappa shape index (κ2) is 14.2. The summed E-state index contributed by atoms with van der Waals surface area (Å²) in [6.45, 7) is 19.7. The molecule has 5 rings (SSSR count). The Bertz CT molecular complexity index is 1590. The number of benzene rings is 2. The van der Waals surface area contributed by atoms with Crippen molar-refractivity contribution < 1.29 is 0 Å². The van der Waals surface area contributed by atoms with Crippen LogP contribution < -0.4 is 10.2 Å². The highest BCUT2D eigenvalue weighted by Gasteiger charge is 2.18. The van der Waals surface area contributed by atoms with Crippen molar-refractivity contribution in [2.45, 2.75) is 73.1 Å². The average Bonchev–Trinajstić information content (AvgIpc) is 3.45. The van der Waals surface area contributed by atoms with Crippen molar-refractivity contribution in [1.82, 2.24) is 15.3 Å². The molecule has 1 aliphatic rings. The molecular formula is C38H49N5. The number of H-pyrrole nitrogens is 1. The van der Waals surface area contributed by atoms with Gasteiger partial charge in [-0.05, 0) is 85.2 Å². The van der Waals surface area contributed by atoms with Crippen LogP contribution in [0.15, 0.2) is 60.4 Å². The molecule has 4 aromatic rings. The van der Waals surface area contributed by atoms with E-state index >= 15 is 0 Å². The van der Waals surface area contributed by atoms with E-state index in [9.17, 15) is 0 Å². The summed E-state index contributed by atoms with van der Waals surface area (Å²) in [6.07, 6.45) is 13.2. The summed E-state index contributed by atoms with van der Waals surface area (Å²) in [5.41, 5.74) is 12.9. The Balaban J connectivity index is 1.52. The molecule has 0 spiro atoms. The minimum Gasteiger partial charge on any atom is -0.369 e. The third-order valence-corrected chi connectivity index (χ3v) is 9.12. The second-order valence-corrected chi connectivity index (χ2v) is 12.2. The number of nitrogens with one attached hydrogen (secondary N) is 2. The molecule has 3 heterocycles. The van der Waals surface area contributed by atoms with Crippen molar-refractivity contribution >= 4 is 34.2 Å². The van der Waals surface area contributed by atoms with Gasteiger partial charge in [-0.25, -0.2) is 4.98 Å². The summed E-state index contributed by atoms with van der Waals surface area (Å²) >= 11 is 0. The normalized spacial score (nSPS) is 14.6. The molecule has 0 amide bonds. The molecule has 2 N–H and O–H groups in total. The van der Waals surface area contributed by atoms with E-state index in [1.54, 1.807) is 0 Å². The van der Waals surface area contributed by atoms with E-state index in [-0.39, 0.29) is 0 Å². The number of unbranched alkanes of at least 4 members (excludes halogenated alkanes) is 1. The third kappa shape index (κ3) is 6.94. The topological polar surface area (TPSA) is 56.3 Å². The number of allylic oxidation sites excluding steroid dienone is 1. The summed E-state index contributed by atoms with van der Waals surface area (Å²) in [6, 6.07) is 13.6. The third-order valence-electron chi connectivity index (χ3n) is 9.12. The van der Waals surface area contributed by atoms with E-state index in [2.05, 4.69) is 92.1 Å². The molecule has 1 atom stereocenters. The summed E-state index contributed by atoms with van der Waals surface area (Å²) in [5, 5.41) is 4.61. The number of pyridine rings is 1. The van der Waals surface area contributed by atoms with Gasteiger partial charge in [0.05, 0.1) is 5.69 Å². The smallest absolute Gasteiger partial charge is 0.137 e. The van der Waals surface area contributed by atoms with Crippen LogP contribution in [0.3, 0.4) is 0 Å². The van der Waals surface area contributed by atoms with Gasteiger partial charge < -0.3 is 15.2 Å². The number of nitrogens with zero attached hydrogens (tertiary/aromatic N) is 3. The fraction of sp³-hybridized carbons (Fsp3) is 0.421. The van der Waals surface area contributed by atoms with Gasteiger partial charge in [0, 0.05) is 72.6 Å². The van der Waals surface area contributed by atoms with Gasteiger partial charge in [0.25, 0.3) is 0 Å². The van der Waals surface area contributed by atoms with Gasteiger partial charge in [-0.15, -0.1) is 0 Å². The number of piperazine rings is 1. The number of aromatic amines is 1. The quantitative estimate of drug-likeness (QED) is 0.165. The van der Waals surface area contributed by atoms with E-state index in [1.165, 1.54) is 65.6 Å². The molecule has 5 heteroatoms. The lowest BCUT2D eigenvalue weighted by Crippen LogP contribution is -2.43. The lowest BCUT2D eigenvalue weighted by atomic mass is 9.87. The predicted octanol–water partition coefficient (Wildman–Crippen LogP) is 9.66. The molecule has 2 aromatic carbocycles. The maximum atomic E-state index is 4.87. The number of fused-ring (bicyclic) bond motifs is 1. The number of anilines is 1. The first-order valence-electron chi connectivity index (χ1n) is 16.3. The van der Waals surface area contributed by atoms with Crippen LogP contribution in [0.5, 0.6) is 0 Å². The molecule has 1 saturated heterocycles. The van der Waals surface area contributed by atoms with Gasteiger partial charge in [-0.2, -0.15) is 0 Å². The number of aliphatic imine (C=N–C) groups is 1. The van der Waals surface area contributed by atoms with E-state index in [1.807, 2.05) is 19.3 Å². The number of hydrogen-bond acceptors (Lipinski definition) is 4. The summed E-state index contributed by atoms with van der Waals surface area (Å²) in [7, 11) is 0. The van der Waals surface area contributed by atoms with Crippen LogP contribution in [-0.4, -0.2) is 42.4 Å². The molecule has 43 heavy (non-hydrogen) atoms. The van der Waals surface area contributed by atoms with E-state index in [0.29, 0.717) is 5.92 Å². The summed E-state index contributed by atoms with van der Waals surface area (Å²) in [4.78, 5) is 15.5. The number of hydrogen-bond donors (Lipinski definition) is 2. The lowest BCUT2D eigenvalue weighted by Gasteiger charge is -2.31. The zero-order valence-electron chi connectivity index (χ0n) is 26.9. The van der Waals surface area contributed by atoms with Gasteiger partial charge in [0.2, 0.25) is 0 Å². The number of aryl methyl sites for hydroxylation is 1. The molecule has 2 aromatic heterocycles. The minimum atomic E-state index is 0.670. The van der Waals surface area contributed by atoms with Gasteiger partial charge in [-0.3, -0.25) is 4.99 Å². The average molecular weight is 576 g/mol. The fourth-order valence-corrected chi connectivity index (χ4v) is 6.59. The lowest BCUT2D eigenvalue weighted by molar-refractivity contribution is 0.439. The second-order valence-electron chi connectivity index (χ2n) is 12.2. The molecule has 1 fully saturated rings. The highest BCUT2D eigenvalue weighted by atomic mass is 15.2. The largest absolute Gasteiger partial charge is 0.369 e. The van der Waals surface area contributed by atoms with E-state index in [4.69, 9.17) is 9.98 Å². The number of aromatic nitrogens is 2. The van der Waals surface area contributed by atoms with Gasteiger partial charge in [-0.1, -0.05) is 64.7 Å². The minimum absolute atomic E-state index is 0.670. The maximum absolute atomic E-state index is 4.87. The van der Waals surface area contributed by atoms with E-state index < -0.39 is 0 Å². The molecular weight excluding hydrogens is 526 g/mol. The van der Waals surface area contributed by atoms with Crippen molar-refractivity contribution in [2.75, 3.05) is 31.1 Å². The van der Waals surface area contributed by atoms with Crippen LogP contribution in [-0.2, 0) is 0 Å². The molecule has 1 aliphatic heterocycles. The molecule has 226 valence electrons. The van der Waals surface area contributed by atoms with Gasteiger partial charge in [0.15, 0.2) is 0 Å². The zero-order chi connectivity index (χ0) is 30.3. The molecule has 1 unspecified atom stereocenters. The Morgan fingerprint density at radius 3 is 2.58 bits per heavy atom. The van der Waals surface area contributed by atoms with Crippen LogP contribution in [0.1, 0.15) is 76.0 Å². The van der Waals surface area contributed by atoms with Crippen molar-refractivity contribution in [2.24, 2.45) is 10.9 Å². The van der Waals surface area contributed by atoms with E-state index in [0.717, 1.165) is 66.0 Å². The Morgan fingerprint density at radius 1 is 1.02 bits per heavy atom. The Kier molecular flexibility index (Phi) is 10.1. The highest BCUT2D eigenvalue weighted by Crippen LogP contribution is 2.39. The van der Waals surface area contributed by atoms with Crippen molar-refractivity contribution in [3.63, 3.8) is 0 Å². The summed E-state index contributed by atoms with van der Waals surface area (Å²) < 4.78 is 0. The van der Waals surface area contributed by atoms with Crippen molar-refractivity contribution in [1.29, 1.82) is 0 Å². The van der Waals surface area contributed by atoms with Crippen LogP contribution in [0.4, 0.5) is 11.4 Å². The standard InChI is InChI=1S/C38H49N5/c1-7-10-12-29(11-8-2)19-27(5)33-21-30(13-14-36(33)40-9-3)35-25-42-38-34(35)22-32(24-41-38)31-20-26(4)28(6)37(23-31)43-17-15-39-16-18-43/h9,13-14,20-25,29,39H,5,7-8,10-12,15-19H2,1-4,6H3,(H,41,42). The highest BCUT2D eigenvalue weighted by molar-refractivity contribution is 5.97. The van der Waals surface area contributed by atoms with Crippen LogP contribution >= 0.6 is 0 Å². The Hall–Kier alpha value is -3.70. The molecule has 0 saturated carbocycles. The first-order chi connectivity index (χ1) is 20.9. The first kappa shape index (κ1) is 30.7. The van der Waals surface area contributed by atoms with Crippen LogP contribution in [0, 0.1) is 19.8 Å². The van der Waals surface area contributed by atoms with Gasteiger partial charge >= 0.3 is 0 Å². The maximum Gasteiger partial charge on any atom is 0.137 e. The first-order valence-corrected chi connectivity index (χ1v) is 16.3. The summed E-state index contributed by atoms with van der Waals surface area (Å²) in [5.74, 6) is 0.670. The van der Waals surface area contributed by atoms with Gasteiger partial charge in [0.1, 0.15) is 5.65 Å². The van der Waals surface area contributed by atoms with Crippen molar-refractivity contribution in [3.05, 3.63) is 72.1 Å².